The predicted molar refractivity (Wildman–Crippen MR) is 85.9 cm³/mol. The minimum atomic E-state index is -0.606. The number of esters is 1. The zero-order valence-electron chi connectivity index (χ0n) is 13.3. The molecule has 0 aliphatic heterocycles. The number of carbonyl (C=O) groups excluding carboxylic acids is 2. The first-order valence-electron chi connectivity index (χ1n) is 7.12. The van der Waals surface area contributed by atoms with E-state index in [0.717, 1.165) is 0 Å². The summed E-state index contributed by atoms with van der Waals surface area (Å²) < 4.78 is 14.8. The van der Waals surface area contributed by atoms with Gasteiger partial charge in [0.25, 0.3) is 5.91 Å². The molecule has 0 aliphatic carbocycles. The van der Waals surface area contributed by atoms with Crippen LogP contribution in [0, 0.1) is 0 Å². The Labute approximate surface area is 144 Å². The van der Waals surface area contributed by atoms with E-state index in [1.54, 1.807) is 31.4 Å². The molecule has 7 nitrogen and oxygen atoms in total. The Bertz CT molecular complexity index is 716. The molecule has 128 valence electrons. The number of hydrogen-bond acceptors (Lipinski definition) is 6. The summed E-state index contributed by atoms with van der Waals surface area (Å²) in [5.41, 5.74) is 0.416. The predicted octanol–water partition coefficient (Wildman–Crippen LogP) is 2.40. The molecule has 0 N–H and O–H groups in total. The van der Waals surface area contributed by atoms with Crippen LogP contribution in [-0.2, 0) is 16.0 Å². The standard InChI is InChI=1S/C16H17ClN2O5/c1-22-8-7-19(15(20)11-5-3-4-6-12(11)17)9-14-18-13(10-24-14)16(21)23-2/h3-6,10H,7-9H2,1-2H3. The van der Waals surface area contributed by atoms with E-state index in [4.69, 9.17) is 20.8 Å². The van der Waals surface area contributed by atoms with Crippen LogP contribution in [0.25, 0.3) is 0 Å². The average molecular weight is 353 g/mol. The summed E-state index contributed by atoms with van der Waals surface area (Å²) in [5.74, 6) is -0.673. The molecule has 1 aromatic carbocycles. The SMILES string of the molecule is COCCN(Cc1nc(C(=O)OC)co1)C(=O)c1ccccc1Cl. The molecule has 8 heteroatoms. The van der Waals surface area contributed by atoms with Gasteiger partial charge in [-0.1, -0.05) is 23.7 Å². The maximum atomic E-state index is 12.7. The number of ether oxygens (including phenoxy) is 2. The molecule has 0 radical (unpaired) electrons. The summed E-state index contributed by atoms with van der Waals surface area (Å²) in [6.07, 6.45) is 1.19. The summed E-state index contributed by atoms with van der Waals surface area (Å²) in [6.45, 7) is 0.724. The molecule has 2 aromatic rings. The highest BCUT2D eigenvalue weighted by atomic mass is 35.5. The molecule has 2 rings (SSSR count). The zero-order chi connectivity index (χ0) is 17.5. The van der Waals surface area contributed by atoms with E-state index < -0.39 is 5.97 Å². The number of hydrogen-bond donors (Lipinski definition) is 0. The lowest BCUT2D eigenvalue weighted by atomic mass is 10.2. The van der Waals surface area contributed by atoms with Crippen LogP contribution in [0.4, 0.5) is 0 Å². The van der Waals surface area contributed by atoms with Gasteiger partial charge < -0.3 is 18.8 Å². The van der Waals surface area contributed by atoms with Crippen molar-refractivity contribution in [1.29, 1.82) is 0 Å². The van der Waals surface area contributed by atoms with Crippen molar-refractivity contribution in [3.63, 3.8) is 0 Å². The van der Waals surface area contributed by atoms with Gasteiger partial charge in [-0.05, 0) is 12.1 Å². The summed E-state index contributed by atoms with van der Waals surface area (Å²) in [6, 6.07) is 6.76. The Kier molecular flexibility index (Phi) is 6.34. The number of methoxy groups -OCH3 is 2. The fourth-order valence-corrected chi connectivity index (χ4v) is 2.22. The molecule has 24 heavy (non-hydrogen) atoms. The van der Waals surface area contributed by atoms with Gasteiger partial charge in [0.05, 0.1) is 30.8 Å². The molecule has 0 fully saturated rings. The number of halogens is 1. The second-order valence-electron chi connectivity index (χ2n) is 4.82. The molecular weight excluding hydrogens is 336 g/mol. The Morgan fingerprint density at radius 2 is 2.04 bits per heavy atom. The van der Waals surface area contributed by atoms with Crippen molar-refractivity contribution in [3.05, 3.63) is 52.7 Å². The fourth-order valence-electron chi connectivity index (χ4n) is 2.00. The van der Waals surface area contributed by atoms with Gasteiger partial charge >= 0.3 is 5.97 Å². The molecular formula is C16H17ClN2O5. The Morgan fingerprint density at radius 3 is 2.71 bits per heavy atom. The second-order valence-corrected chi connectivity index (χ2v) is 5.22. The van der Waals surface area contributed by atoms with Gasteiger partial charge in [-0.2, -0.15) is 0 Å². The molecule has 0 spiro atoms. The van der Waals surface area contributed by atoms with Crippen LogP contribution in [0.2, 0.25) is 5.02 Å². The molecule has 1 aromatic heterocycles. The van der Waals surface area contributed by atoms with Gasteiger partial charge in [-0.3, -0.25) is 4.79 Å². The smallest absolute Gasteiger partial charge is 0.360 e. The summed E-state index contributed by atoms with van der Waals surface area (Å²) in [5, 5.41) is 0.354. The normalized spacial score (nSPS) is 10.5. The molecule has 0 saturated heterocycles. The largest absolute Gasteiger partial charge is 0.464 e. The number of carbonyl (C=O) groups is 2. The van der Waals surface area contributed by atoms with Gasteiger partial charge in [-0.15, -0.1) is 0 Å². The van der Waals surface area contributed by atoms with Crippen molar-refractivity contribution >= 4 is 23.5 Å². The Morgan fingerprint density at radius 1 is 1.29 bits per heavy atom. The molecule has 1 heterocycles. The Balaban J connectivity index is 2.19. The highest BCUT2D eigenvalue weighted by Crippen LogP contribution is 2.18. The van der Waals surface area contributed by atoms with Gasteiger partial charge in [0.15, 0.2) is 5.69 Å². The summed E-state index contributed by atoms with van der Waals surface area (Å²) in [7, 11) is 2.79. The average Bonchev–Trinajstić information content (AvgIpc) is 3.06. The van der Waals surface area contributed by atoms with Crippen LogP contribution in [0.3, 0.4) is 0 Å². The third kappa shape index (κ3) is 4.33. The van der Waals surface area contributed by atoms with Gasteiger partial charge in [0.1, 0.15) is 6.26 Å². The van der Waals surface area contributed by atoms with Gasteiger partial charge in [0.2, 0.25) is 5.89 Å². The number of nitrogens with zero attached hydrogens (tertiary/aromatic N) is 2. The van der Waals surface area contributed by atoms with Crippen LogP contribution >= 0.6 is 11.6 Å². The van der Waals surface area contributed by atoms with Crippen molar-refractivity contribution < 1.29 is 23.5 Å². The lowest BCUT2D eigenvalue weighted by molar-refractivity contribution is 0.0594. The van der Waals surface area contributed by atoms with Crippen molar-refractivity contribution in [2.45, 2.75) is 6.54 Å². The highest BCUT2D eigenvalue weighted by Gasteiger charge is 2.21. The van der Waals surface area contributed by atoms with Gasteiger partial charge in [-0.25, -0.2) is 9.78 Å². The fraction of sp³-hybridized carbons (Fsp3) is 0.312. The third-order valence-corrected chi connectivity index (χ3v) is 3.56. The first-order valence-corrected chi connectivity index (χ1v) is 7.50. The van der Waals surface area contributed by atoms with Crippen molar-refractivity contribution in [2.24, 2.45) is 0 Å². The minimum Gasteiger partial charge on any atom is -0.464 e. The molecule has 0 saturated carbocycles. The van der Waals surface area contributed by atoms with Crippen LogP contribution in [0.15, 0.2) is 34.9 Å². The summed E-state index contributed by atoms with van der Waals surface area (Å²) >= 11 is 6.09. The maximum absolute atomic E-state index is 12.7. The maximum Gasteiger partial charge on any atom is 0.360 e. The van der Waals surface area contributed by atoms with E-state index in [-0.39, 0.29) is 24.0 Å². The van der Waals surface area contributed by atoms with E-state index in [0.29, 0.717) is 23.7 Å². The van der Waals surface area contributed by atoms with E-state index >= 15 is 0 Å². The number of aromatic nitrogens is 1. The van der Waals surface area contributed by atoms with E-state index in [9.17, 15) is 9.59 Å². The summed E-state index contributed by atoms with van der Waals surface area (Å²) in [4.78, 5) is 29.6. The van der Waals surface area contributed by atoms with E-state index in [1.807, 2.05) is 0 Å². The quantitative estimate of drug-likeness (QED) is 0.712. The minimum absolute atomic E-state index is 0.0457. The van der Waals surface area contributed by atoms with Crippen molar-refractivity contribution in [1.82, 2.24) is 9.88 Å². The second kappa shape index (κ2) is 8.47. The lowest BCUT2D eigenvalue weighted by Gasteiger charge is -2.21. The van der Waals surface area contributed by atoms with Crippen LogP contribution in [0.1, 0.15) is 26.7 Å². The molecule has 0 unspecified atom stereocenters. The highest BCUT2D eigenvalue weighted by molar-refractivity contribution is 6.33. The monoisotopic (exact) mass is 352 g/mol. The number of benzene rings is 1. The van der Waals surface area contributed by atoms with Crippen LogP contribution < -0.4 is 0 Å². The van der Waals surface area contributed by atoms with E-state index in [2.05, 4.69) is 9.72 Å². The van der Waals surface area contributed by atoms with Crippen LogP contribution in [-0.4, -0.2) is 49.1 Å². The topological polar surface area (TPSA) is 81.9 Å². The van der Waals surface area contributed by atoms with Gasteiger partial charge in [0, 0.05) is 13.7 Å². The lowest BCUT2D eigenvalue weighted by Crippen LogP contribution is -2.33. The molecule has 0 bridgehead atoms. The van der Waals surface area contributed by atoms with Crippen molar-refractivity contribution in [2.75, 3.05) is 27.4 Å². The molecule has 0 aliphatic rings. The zero-order valence-corrected chi connectivity index (χ0v) is 14.1. The molecule has 0 atom stereocenters. The van der Waals surface area contributed by atoms with Crippen molar-refractivity contribution in [3.8, 4) is 0 Å². The first kappa shape index (κ1) is 18.0. The Hall–Kier alpha value is -2.38. The number of amides is 1. The third-order valence-electron chi connectivity index (χ3n) is 3.23. The number of oxazole rings is 1. The molecule has 1 amide bonds. The number of rotatable bonds is 7. The first-order chi connectivity index (χ1) is 11.6. The van der Waals surface area contributed by atoms with E-state index in [1.165, 1.54) is 18.3 Å². The van der Waals surface area contributed by atoms with Crippen LogP contribution in [0.5, 0.6) is 0 Å².